The molecule has 2 heterocycles. The van der Waals surface area contributed by atoms with E-state index in [0.29, 0.717) is 6.04 Å². The Balaban J connectivity index is 2.07. The topological polar surface area (TPSA) is 29.0 Å². The van der Waals surface area contributed by atoms with Crippen molar-refractivity contribution in [2.45, 2.75) is 66.1 Å². The fourth-order valence-electron chi connectivity index (χ4n) is 2.86. The summed E-state index contributed by atoms with van der Waals surface area (Å²) in [5.74, 6) is 1.66. The zero-order valence-corrected chi connectivity index (χ0v) is 12.1. The van der Waals surface area contributed by atoms with E-state index >= 15 is 0 Å². The van der Waals surface area contributed by atoms with E-state index in [1.807, 2.05) is 13.1 Å². The Morgan fingerprint density at radius 3 is 2.78 bits per heavy atom. The molecule has 0 spiro atoms. The van der Waals surface area contributed by atoms with Crippen molar-refractivity contribution in [1.29, 1.82) is 0 Å². The molecule has 1 atom stereocenters. The van der Waals surface area contributed by atoms with Crippen LogP contribution in [-0.4, -0.2) is 20.9 Å². The molecule has 0 aliphatic carbocycles. The molecule has 1 aliphatic heterocycles. The number of fused-ring (bicyclic) bond motifs is 1. The van der Waals surface area contributed by atoms with Gasteiger partial charge in [-0.3, -0.25) is 4.90 Å². The molecule has 0 bridgehead atoms. The summed E-state index contributed by atoms with van der Waals surface area (Å²) in [6.07, 6.45) is 5.85. The van der Waals surface area contributed by atoms with Crippen molar-refractivity contribution >= 4 is 0 Å². The van der Waals surface area contributed by atoms with Crippen molar-refractivity contribution in [3.8, 4) is 0 Å². The molecule has 0 amide bonds. The van der Waals surface area contributed by atoms with Gasteiger partial charge >= 0.3 is 0 Å². The van der Waals surface area contributed by atoms with E-state index in [-0.39, 0.29) is 0 Å². The Kier molecular flexibility index (Phi) is 4.33. The molecule has 2 rings (SSSR count). The van der Waals surface area contributed by atoms with Crippen LogP contribution in [0.25, 0.3) is 0 Å². The van der Waals surface area contributed by atoms with Gasteiger partial charge in [-0.25, -0.2) is 9.97 Å². The van der Waals surface area contributed by atoms with Crippen LogP contribution < -0.4 is 0 Å². The Labute approximate surface area is 111 Å². The van der Waals surface area contributed by atoms with Gasteiger partial charge in [-0.15, -0.1) is 0 Å². The van der Waals surface area contributed by atoms with Gasteiger partial charge in [0.15, 0.2) is 0 Å². The SMILES string of the molecule is CCC[C@@H](CC(C)C)N1Cc2cnc(C)nc2C1. The number of aromatic nitrogens is 2. The van der Waals surface area contributed by atoms with Crippen LogP contribution in [0.15, 0.2) is 6.20 Å². The third-order valence-corrected chi connectivity index (χ3v) is 3.68. The van der Waals surface area contributed by atoms with Gasteiger partial charge in [-0.05, 0) is 25.7 Å². The molecule has 0 fully saturated rings. The Hall–Kier alpha value is -0.960. The number of hydrogen-bond donors (Lipinski definition) is 0. The van der Waals surface area contributed by atoms with Crippen LogP contribution in [0.1, 0.15) is 57.1 Å². The number of nitrogens with zero attached hydrogens (tertiary/aromatic N) is 3. The molecule has 100 valence electrons. The van der Waals surface area contributed by atoms with Crippen molar-refractivity contribution in [3.05, 3.63) is 23.3 Å². The molecule has 0 unspecified atom stereocenters. The third kappa shape index (κ3) is 3.08. The summed E-state index contributed by atoms with van der Waals surface area (Å²) in [7, 11) is 0. The molecule has 0 aromatic carbocycles. The molecule has 1 aromatic rings. The maximum Gasteiger partial charge on any atom is 0.125 e. The summed E-state index contributed by atoms with van der Waals surface area (Å²) in [5.41, 5.74) is 2.57. The first-order valence-corrected chi connectivity index (χ1v) is 7.15. The largest absolute Gasteiger partial charge is 0.290 e. The van der Waals surface area contributed by atoms with Gasteiger partial charge in [0.1, 0.15) is 5.82 Å². The first-order chi connectivity index (χ1) is 8.60. The molecule has 3 nitrogen and oxygen atoms in total. The van der Waals surface area contributed by atoms with Gasteiger partial charge in [-0.2, -0.15) is 0 Å². The highest BCUT2D eigenvalue weighted by atomic mass is 15.2. The van der Waals surface area contributed by atoms with Gasteiger partial charge in [0.2, 0.25) is 0 Å². The molecule has 0 N–H and O–H groups in total. The zero-order valence-electron chi connectivity index (χ0n) is 12.1. The second-order valence-electron chi connectivity index (χ2n) is 5.87. The van der Waals surface area contributed by atoms with Crippen LogP contribution in [-0.2, 0) is 13.1 Å². The Morgan fingerprint density at radius 2 is 2.11 bits per heavy atom. The van der Waals surface area contributed by atoms with Crippen LogP contribution in [0.5, 0.6) is 0 Å². The van der Waals surface area contributed by atoms with Crippen LogP contribution in [0, 0.1) is 12.8 Å². The summed E-state index contributed by atoms with van der Waals surface area (Å²) in [6, 6.07) is 0.699. The summed E-state index contributed by atoms with van der Waals surface area (Å²) in [4.78, 5) is 11.5. The Morgan fingerprint density at radius 1 is 1.33 bits per heavy atom. The number of aryl methyl sites for hydroxylation is 1. The fourth-order valence-corrected chi connectivity index (χ4v) is 2.86. The van der Waals surface area contributed by atoms with E-state index in [4.69, 9.17) is 0 Å². The first kappa shape index (κ1) is 13.5. The van der Waals surface area contributed by atoms with E-state index in [0.717, 1.165) is 24.8 Å². The summed E-state index contributed by atoms with van der Waals surface area (Å²) in [5, 5.41) is 0. The lowest BCUT2D eigenvalue weighted by atomic mass is 9.99. The maximum absolute atomic E-state index is 4.57. The van der Waals surface area contributed by atoms with Gasteiger partial charge in [-0.1, -0.05) is 27.2 Å². The average molecular weight is 247 g/mol. The maximum atomic E-state index is 4.57. The highest BCUT2D eigenvalue weighted by molar-refractivity contribution is 5.22. The minimum atomic E-state index is 0.699. The standard InChI is InChI=1S/C15H25N3/c1-5-6-14(7-11(2)3)18-9-13-8-16-12(4)17-15(13)10-18/h8,11,14H,5-7,9-10H2,1-4H3/t14-/m0/s1. The van der Waals surface area contributed by atoms with Crippen molar-refractivity contribution in [2.24, 2.45) is 5.92 Å². The lowest BCUT2D eigenvalue weighted by Gasteiger charge is -2.28. The predicted octanol–water partition coefficient (Wildman–Crippen LogP) is 3.32. The van der Waals surface area contributed by atoms with Crippen LogP contribution in [0.2, 0.25) is 0 Å². The van der Waals surface area contributed by atoms with Crippen molar-refractivity contribution in [3.63, 3.8) is 0 Å². The predicted molar refractivity (Wildman–Crippen MR) is 74.2 cm³/mol. The molecule has 0 saturated carbocycles. The first-order valence-electron chi connectivity index (χ1n) is 7.15. The summed E-state index contributed by atoms with van der Waals surface area (Å²) in [6.45, 7) is 10.9. The van der Waals surface area contributed by atoms with E-state index in [1.165, 1.54) is 30.5 Å². The minimum Gasteiger partial charge on any atom is -0.290 e. The quantitative estimate of drug-likeness (QED) is 0.799. The average Bonchev–Trinajstić information content (AvgIpc) is 2.70. The minimum absolute atomic E-state index is 0.699. The number of hydrogen-bond acceptors (Lipinski definition) is 3. The summed E-state index contributed by atoms with van der Waals surface area (Å²) >= 11 is 0. The smallest absolute Gasteiger partial charge is 0.125 e. The van der Waals surface area contributed by atoms with Gasteiger partial charge < -0.3 is 0 Å². The van der Waals surface area contributed by atoms with Gasteiger partial charge in [0, 0.05) is 30.9 Å². The second-order valence-corrected chi connectivity index (χ2v) is 5.87. The molecule has 1 aliphatic rings. The molecule has 1 aromatic heterocycles. The number of rotatable bonds is 5. The zero-order chi connectivity index (χ0) is 13.1. The van der Waals surface area contributed by atoms with Crippen molar-refractivity contribution < 1.29 is 0 Å². The van der Waals surface area contributed by atoms with E-state index in [9.17, 15) is 0 Å². The van der Waals surface area contributed by atoms with Crippen LogP contribution in [0.3, 0.4) is 0 Å². The third-order valence-electron chi connectivity index (χ3n) is 3.68. The lowest BCUT2D eigenvalue weighted by molar-refractivity contribution is 0.163. The lowest BCUT2D eigenvalue weighted by Crippen LogP contribution is -2.31. The summed E-state index contributed by atoms with van der Waals surface area (Å²) < 4.78 is 0. The Bertz CT molecular complexity index is 401. The molecular weight excluding hydrogens is 222 g/mol. The highest BCUT2D eigenvalue weighted by Crippen LogP contribution is 2.27. The van der Waals surface area contributed by atoms with Crippen molar-refractivity contribution in [1.82, 2.24) is 14.9 Å². The van der Waals surface area contributed by atoms with E-state index in [1.54, 1.807) is 0 Å². The van der Waals surface area contributed by atoms with E-state index < -0.39 is 0 Å². The monoisotopic (exact) mass is 247 g/mol. The normalized spacial score (nSPS) is 17.2. The van der Waals surface area contributed by atoms with Crippen molar-refractivity contribution in [2.75, 3.05) is 0 Å². The molecule has 3 heteroatoms. The molecule has 18 heavy (non-hydrogen) atoms. The van der Waals surface area contributed by atoms with Gasteiger partial charge in [0.05, 0.1) is 5.69 Å². The second kappa shape index (κ2) is 5.79. The van der Waals surface area contributed by atoms with Crippen LogP contribution in [0.4, 0.5) is 0 Å². The molecular formula is C15H25N3. The fraction of sp³-hybridized carbons (Fsp3) is 0.733. The molecule has 0 saturated heterocycles. The van der Waals surface area contributed by atoms with E-state index in [2.05, 4.69) is 35.6 Å². The van der Waals surface area contributed by atoms with Crippen LogP contribution >= 0.6 is 0 Å². The molecule has 0 radical (unpaired) electrons. The van der Waals surface area contributed by atoms with Gasteiger partial charge in [0.25, 0.3) is 0 Å². The highest BCUT2D eigenvalue weighted by Gasteiger charge is 2.27.